The average Bonchev–Trinajstić information content (AvgIpc) is 3.10. The van der Waals surface area contributed by atoms with E-state index in [9.17, 15) is 9.59 Å². The lowest BCUT2D eigenvalue weighted by atomic mass is 9.93. The molecule has 2 aliphatic heterocycles. The number of anilines is 1. The van der Waals surface area contributed by atoms with Crippen molar-refractivity contribution >= 4 is 29.2 Å². The zero-order valence-electron chi connectivity index (χ0n) is 15.6. The van der Waals surface area contributed by atoms with Gasteiger partial charge < -0.3 is 25.6 Å². The van der Waals surface area contributed by atoms with E-state index in [0.717, 1.165) is 43.8 Å². The van der Waals surface area contributed by atoms with E-state index < -0.39 is 0 Å². The number of ether oxygens (including phenoxy) is 1. The summed E-state index contributed by atoms with van der Waals surface area (Å²) in [6.45, 7) is 2.90. The maximum Gasteiger partial charge on any atom is 0.317 e. The van der Waals surface area contributed by atoms with Crippen molar-refractivity contribution in [2.45, 2.75) is 31.7 Å². The van der Waals surface area contributed by atoms with Crippen LogP contribution in [0.25, 0.3) is 0 Å². The normalized spacial score (nSPS) is 20.6. The van der Waals surface area contributed by atoms with E-state index in [1.807, 2.05) is 17.0 Å². The first-order chi connectivity index (χ1) is 13.0. The zero-order chi connectivity index (χ0) is 19.4. The molecule has 27 heavy (non-hydrogen) atoms. The number of methoxy groups -OCH3 is 1. The quantitative estimate of drug-likeness (QED) is 0.801. The molecule has 0 aliphatic carbocycles. The largest absolute Gasteiger partial charge is 0.495 e. The molecule has 0 radical (unpaired) electrons. The lowest BCUT2D eigenvalue weighted by Crippen LogP contribution is -2.48. The van der Waals surface area contributed by atoms with Gasteiger partial charge in [0.05, 0.1) is 12.8 Å². The number of piperidine rings is 1. The van der Waals surface area contributed by atoms with Gasteiger partial charge in [0.2, 0.25) is 5.91 Å². The van der Waals surface area contributed by atoms with Gasteiger partial charge in [-0.05, 0) is 43.4 Å². The fraction of sp³-hybridized carbons (Fsp3) is 0.579. The highest BCUT2D eigenvalue weighted by molar-refractivity contribution is 6.30. The Labute approximate surface area is 164 Å². The van der Waals surface area contributed by atoms with Crippen LogP contribution in [-0.4, -0.2) is 56.2 Å². The topological polar surface area (TPSA) is 87.9 Å². The second kappa shape index (κ2) is 8.69. The number of urea groups is 1. The second-order valence-corrected chi connectivity index (χ2v) is 7.73. The molecule has 0 bridgehead atoms. The molecule has 1 aromatic rings. The number of amides is 3. The molecule has 0 spiro atoms. The van der Waals surface area contributed by atoms with Crippen molar-refractivity contribution in [1.82, 2.24) is 10.2 Å². The van der Waals surface area contributed by atoms with E-state index in [1.54, 1.807) is 13.2 Å². The van der Waals surface area contributed by atoms with Gasteiger partial charge in [0.25, 0.3) is 0 Å². The standard InChI is InChI=1S/C19H27ClN4O3/c1-27-17-3-2-14(20)11-16(17)24-9-6-15(12-24)22-19(26)23-7-4-13(5-8-23)10-18(21)25/h2-3,11,13,15H,4-10,12H2,1H3,(H2,21,25)(H,22,26)/t15-/m0/s1. The van der Waals surface area contributed by atoms with E-state index in [-0.39, 0.29) is 18.0 Å². The van der Waals surface area contributed by atoms with Crippen LogP contribution in [0.3, 0.4) is 0 Å². The van der Waals surface area contributed by atoms with Gasteiger partial charge in [-0.1, -0.05) is 11.6 Å². The molecule has 7 nitrogen and oxygen atoms in total. The minimum Gasteiger partial charge on any atom is -0.495 e. The Morgan fingerprint density at radius 2 is 2.00 bits per heavy atom. The summed E-state index contributed by atoms with van der Waals surface area (Å²) in [4.78, 5) is 27.6. The molecule has 0 aromatic heterocycles. The molecule has 3 amide bonds. The molecule has 3 N–H and O–H groups in total. The molecule has 0 saturated carbocycles. The molecular formula is C19H27ClN4O3. The molecule has 1 aromatic carbocycles. The van der Waals surface area contributed by atoms with E-state index in [0.29, 0.717) is 30.5 Å². The van der Waals surface area contributed by atoms with Crippen LogP contribution in [0.4, 0.5) is 10.5 Å². The first kappa shape index (κ1) is 19.6. The molecule has 2 fully saturated rings. The summed E-state index contributed by atoms with van der Waals surface area (Å²) in [5, 5.41) is 3.80. The van der Waals surface area contributed by atoms with Crippen LogP contribution in [0.15, 0.2) is 18.2 Å². The maximum atomic E-state index is 12.6. The number of nitrogens with one attached hydrogen (secondary N) is 1. The summed E-state index contributed by atoms with van der Waals surface area (Å²) in [7, 11) is 1.64. The molecule has 0 unspecified atom stereocenters. The summed E-state index contributed by atoms with van der Waals surface area (Å²) in [6.07, 6.45) is 2.94. The van der Waals surface area contributed by atoms with Crippen molar-refractivity contribution in [3.63, 3.8) is 0 Å². The number of primary amides is 1. The Kier molecular flexibility index (Phi) is 6.31. The van der Waals surface area contributed by atoms with Gasteiger partial charge in [-0.3, -0.25) is 4.79 Å². The Morgan fingerprint density at radius 1 is 1.26 bits per heavy atom. The lowest BCUT2D eigenvalue weighted by Gasteiger charge is -2.32. The minimum absolute atomic E-state index is 0.0302. The van der Waals surface area contributed by atoms with Gasteiger partial charge in [0.1, 0.15) is 5.75 Å². The number of hydrogen-bond donors (Lipinski definition) is 2. The summed E-state index contributed by atoms with van der Waals surface area (Å²) < 4.78 is 5.43. The number of halogens is 1. The maximum absolute atomic E-state index is 12.6. The molecule has 2 heterocycles. The fourth-order valence-corrected chi connectivity index (χ4v) is 4.06. The molecule has 2 saturated heterocycles. The number of nitrogens with two attached hydrogens (primary N) is 1. The third-order valence-corrected chi connectivity index (χ3v) is 5.62. The van der Waals surface area contributed by atoms with Gasteiger partial charge in [-0.25, -0.2) is 4.79 Å². The van der Waals surface area contributed by atoms with Crippen LogP contribution in [-0.2, 0) is 4.79 Å². The van der Waals surface area contributed by atoms with Crippen molar-refractivity contribution in [2.24, 2.45) is 11.7 Å². The highest BCUT2D eigenvalue weighted by Crippen LogP contribution is 2.33. The molecular weight excluding hydrogens is 368 g/mol. The van der Waals surface area contributed by atoms with Gasteiger partial charge in [0, 0.05) is 43.7 Å². The first-order valence-electron chi connectivity index (χ1n) is 9.38. The number of benzene rings is 1. The summed E-state index contributed by atoms with van der Waals surface area (Å²) in [5.41, 5.74) is 6.22. The predicted octanol–water partition coefficient (Wildman–Crippen LogP) is 2.22. The van der Waals surface area contributed by atoms with Crippen LogP contribution in [0.5, 0.6) is 5.75 Å². The SMILES string of the molecule is COc1ccc(Cl)cc1N1CC[C@H](NC(=O)N2CCC(CC(N)=O)CC2)C1. The highest BCUT2D eigenvalue weighted by Gasteiger charge is 2.29. The van der Waals surface area contributed by atoms with Gasteiger partial charge in [0.15, 0.2) is 0 Å². The van der Waals surface area contributed by atoms with Crippen molar-refractivity contribution in [3.05, 3.63) is 23.2 Å². The van der Waals surface area contributed by atoms with Crippen molar-refractivity contribution in [3.8, 4) is 5.75 Å². The predicted molar refractivity (Wildman–Crippen MR) is 105 cm³/mol. The molecule has 2 aliphatic rings. The average molecular weight is 395 g/mol. The van der Waals surface area contributed by atoms with Crippen molar-refractivity contribution in [2.75, 3.05) is 38.2 Å². The fourth-order valence-electron chi connectivity index (χ4n) is 3.90. The Bertz CT molecular complexity index is 692. The smallest absolute Gasteiger partial charge is 0.317 e. The van der Waals surface area contributed by atoms with E-state index >= 15 is 0 Å². The Hall–Kier alpha value is -2.15. The third kappa shape index (κ3) is 4.97. The Morgan fingerprint density at radius 3 is 2.67 bits per heavy atom. The van der Waals surface area contributed by atoms with E-state index in [1.165, 1.54) is 0 Å². The van der Waals surface area contributed by atoms with Crippen LogP contribution in [0.2, 0.25) is 5.02 Å². The number of carbonyl (C=O) groups is 2. The first-order valence-corrected chi connectivity index (χ1v) is 9.76. The second-order valence-electron chi connectivity index (χ2n) is 7.30. The lowest BCUT2D eigenvalue weighted by molar-refractivity contribution is -0.119. The molecule has 3 rings (SSSR count). The Balaban J connectivity index is 1.51. The monoisotopic (exact) mass is 394 g/mol. The number of carbonyl (C=O) groups excluding carboxylic acids is 2. The van der Waals surface area contributed by atoms with Crippen LogP contribution < -0.4 is 20.7 Å². The zero-order valence-corrected chi connectivity index (χ0v) is 16.4. The number of rotatable bonds is 5. The number of hydrogen-bond acceptors (Lipinski definition) is 4. The van der Waals surface area contributed by atoms with Crippen molar-refractivity contribution < 1.29 is 14.3 Å². The van der Waals surface area contributed by atoms with Gasteiger partial charge in [-0.2, -0.15) is 0 Å². The van der Waals surface area contributed by atoms with Crippen molar-refractivity contribution in [1.29, 1.82) is 0 Å². The highest BCUT2D eigenvalue weighted by atomic mass is 35.5. The van der Waals surface area contributed by atoms with Gasteiger partial charge in [-0.15, -0.1) is 0 Å². The van der Waals surface area contributed by atoms with E-state index in [2.05, 4.69) is 10.2 Å². The summed E-state index contributed by atoms with van der Waals surface area (Å²) in [6, 6.07) is 5.62. The van der Waals surface area contributed by atoms with E-state index in [4.69, 9.17) is 22.1 Å². The minimum atomic E-state index is -0.264. The third-order valence-electron chi connectivity index (χ3n) is 5.39. The van der Waals surface area contributed by atoms with Crippen LogP contribution >= 0.6 is 11.6 Å². The molecule has 1 atom stereocenters. The van der Waals surface area contributed by atoms with Crippen LogP contribution in [0, 0.1) is 5.92 Å². The molecule has 8 heteroatoms. The number of nitrogens with zero attached hydrogens (tertiary/aromatic N) is 2. The van der Waals surface area contributed by atoms with Gasteiger partial charge >= 0.3 is 6.03 Å². The molecule has 148 valence electrons. The summed E-state index contributed by atoms with van der Waals surface area (Å²) in [5.74, 6) is 0.812. The van der Waals surface area contributed by atoms with Crippen LogP contribution in [0.1, 0.15) is 25.7 Å². The summed E-state index contributed by atoms with van der Waals surface area (Å²) >= 11 is 6.13. The number of likely N-dealkylation sites (tertiary alicyclic amines) is 1.